The summed E-state index contributed by atoms with van der Waals surface area (Å²) in [5.41, 5.74) is 0.852. The van der Waals surface area contributed by atoms with Gasteiger partial charge in [0.15, 0.2) is 11.5 Å². The number of ether oxygens (including phenoxy) is 2. The Kier molecular flexibility index (Phi) is 3.11. The van der Waals surface area contributed by atoms with Gasteiger partial charge in [0.05, 0.1) is 6.10 Å². The molecule has 0 aromatic heterocycles. The SMILES string of the molecule is CC(C)(C)[C@H](O)/C=C/c1ccc2c(c1)OCO2. The highest BCUT2D eigenvalue weighted by molar-refractivity contribution is 5.56. The highest BCUT2D eigenvalue weighted by Crippen LogP contribution is 2.33. The fraction of sp³-hybridized carbons (Fsp3) is 0.429. The van der Waals surface area contributed by atoms with Crippen LogP contribution in [-0.4, -0.2) is 18.0 Å². The summed E-state index contributed by atoms with van der Waals surface area (Å²) in [6, 6.07) is 5.74. The van der Waals surface area contributed by atoms with Crippen molar-refractivity contribution in [2.45, 2.75) is 26.9 Å². The van der Waals surface area contributed by atoms with Crippen molar-refractivity contribution in [1.82, 2.24) is 0 Å². The molecule has 0 saturated heterocycles. The molecule has 1 aliphatic rings. The molecule has 17 heavy (non-hydrogen) atoms. The van der Waals surface area contributed by atoms with Gasteiger partial charge < -0.3 is 14.6 Å². The van der Waals surface area contributed by atoms with Gasteiger partial charge in [-0.15, -0.1) is 0 Å². The van der Waals surface area contributed by atoms with Gasteiger partial charge in [0, 0.05) is 0 Å². The molecule has 0 radical (unpaired) electrons. The quantitative estimate of drug-likeness (QED) is 0.855. The zero-order chi connectivity index (χ0) is 12.5. The first kappa shape index (κ1) is 12.0. The molecular formula is C14H18O3. The van der Waals surface area contributed by atoms with Crippen molar-refractivity contribution in [1.29, 1.82) is 0 Å². The lowest BCUT2D eigenvalue weighted by Gasteiger charge is -2.22. The Hall–Kier alpha value is -1.48. The molecule has 92 valence electrons. The van der Waals surface area contributed by atoms with Crippen LogP contribution in [0.2, 0.25) is 0 Å². The average molecular weight is 234 g/mol. The van der Waals surface area contributed by atoms with Crippen molar-refractivity contribution >= 4 is 6.08 Å². The molecule has 0 unspecified atom stereocenters. The van der Waals surface area contributed by atoms with E-state index in [9.17, 15) is 5.11 Å². The molecule has 1 aromatic carbocycles. The van der Waals surface area contributed by atoms with E-state index in [1.165, 1.54) is 0 Å². The van der Waals surface area contributed by atoms with E-state index in [-0.39, 0.29) is 12.2 Å². The molecule has 0 aliphatic carbocycles. The van der Waals surface area contributed by atoms with E-state index < -0.39 is 6.10 Å². The molecule has 1 aliphatic heterocycles. The number of hydrogen-bond donors (Lipinski definition) is 1. The van der Waals surface area contributed by atoms with Gasteiger partial charge in [-0.25, -0.2) is 0 Å². The molecule has 1 N–H and O–H groups in total. The fourth-order valence-electron chi connectivity index (χ4n) is 1.51. The first-order valence-electron chi connectivity index (χ1n) is 5.73. The third-order valence-corrected chi connectivity index (χ3v) is 2.75. The smallest absolute Gasteiger partial charge is 0.231 e. The highest BCUT2D eigenvalue weighted by atomic mass is 16.7. The molecule has 3 nitrogen and oxygen atoms in total. The van der Waals surface area contributed by atoms with Crippen LogP contribution in [-0.2, 0) is 0 Å². The van der Waals surface area contributed by atoms with E-state index in [2.05, 4.69) is 0 Å². The van der Waals surface area contributed by atoms with Crippen LogP contribution in [0.5, 0.6) is 11.5 Å². The standard InChI is InChI=1S/C14H18O3/c1-14(2,3)13(15)7-5-10-4-6-11-12(8-10)17-9-16-11/h4-8,13,15H,9H2,1-3H3/b7-5+/t13-/m1/s1. The molecule has 2 rings (SSSR count). The van der Waals surface area contributed by atoms with Crippen LogP contribution >= 0.6 is 0 Å². The molecular weight excluding hydrogens is 216 g/mol. The van der Waals surface area contributed by atoms with E-state index in [1.807, 2.05) is 45.0 Å². The lowest BCUT2D eigenvalue weighted by molar-refractivity contribution is 0.106. The van der Waals surface area contributed by atoms with Crippen LogP contribution in [0.3, 0.4) is 0 Å². The van der Waals surface area contributed by atoms with Crippen LogP contribution in [0.4, 0.5) is 0 Å². The summed E-state index contributed by atoms with van der Waals surface area (Å²) in [7, 11) is 0. The molecule has 0 fully saturated rings. The Morgan fingerprint density at radius 2 is 1.94 bits per heavy atom. The third kappa shape index (κ3) is 2.80. The van der Waals surface area contributed by atoms with Gasteiger partial charge in [-0.3, -0.25) is 0 Å². The van der Waals surface area contributed by atoms with Gasteiger partial charge in [0.25, 0.3) is 0 Å². The maximum absolute atomic E-state index is 9.90. The number of aliphatic hydroxyl groups excluding tert-OH is 1. The Morgan fingerprint density at radius 3 is 2.65 bits per heavy atom. The van der Waals surface area contributed by atoms with E-state index in [0.717, 1.165) is 17.1 Å². The molecule has 0 saturated carbocycles. The summed E-state index contributed by atoms with van der Waals surface area (Å²) in [5, 5.41) is 9.90. The van der Waals surface area contributed by atoms with Crippen LogP contribution in [0, 0.1) is 5.41 Å². The second-order valence-corrected chi connectivity index (χ2v) is 5.28. The number of fused-ring (bicyclic) bond motifs is 1. The predicted molar refractivity (Wildman–Crippen MR) is 67.1 cm³/mol. The third-order valence-electron chi connectivity index (χ3n) is 2.75. The molecule has 0 amide bonds. The molecule has 1 heterocycles. The molecule has 1 aromatic rings. The molecule has 0 spiro atoms. The molecule has 3 heteroatoms. The minimum Gasteiger partial charge on any atom is -0.454 e. The first-order valence-corrected chi connectivity index (χ1v) is 5.73. The Bertz CT molecular complexity index is 430. The van der Waals surface area contributed by atoms with E-state index in [1.54, 1.807) is 6.08 Å². The van der Waals surface area contributed by atoms with Crippen molar-refractivity contribution in [3.8, 4) is 11.5 Å². The van der Waals surface area contributed by atoms with Crippen molar-refractivity contribution in [3.05, 3.63) is 29.8 Å². The van der Waals surface area contributed by atoms with E-state index in [0.29, 0.717) is 0 Å². The Labute approximate surface area is 102 Å². The number of benzene rings is 1. The van der Waals surface area contributed by atoms with Crippen LogP contribution in [0.15, 0.2) is 24.3 Å². The van der Waals surface area contributed by atoms with Crippen LogP contribution in [0.25, 0.3) is 6.08 Å². The summed E-state index contributed by atoms with van der Waals surface area (Å²) in [4.78, 5) is 0. The summed E-state index contributed by atoms with van der Waals surface area (Å²) in [6.45, 7) is 6.29. The monoisotopic (exact) mass is 234 g/mol. The number of rotatable bonds is 2. The second kappa shape index (κ2) is 4.41. The Morgan fingerprint density at radius 1 is 1.24 bits per heavy atom. The summed E-state index contributed by atoms with van der Waals surface area (Å²) in [5.74, 6) is 1.54. The average Bonchev–Trinajstić information content (AvgIpc) is 2.71. The topological polar surface area (TPSA) is 38.7 Å². The summed E-state index contributed by atoms with van der Waals surface area (Å²) in [6.07, 6.45) is 3.24. The lowest BCUT2D eigenvalue weighted by atomic mass is 9.89. The van der Waals surface area contributed by atoms with Crippen molar-refractivity contribution < 1.29 is 14.6 Å². The zero-order valence-corrected chi connectivity index (χ0v) is 10.4. The summed E-state index contributed by atoms with van der Waals surface area (Å²) >= 11 is 0. The van der Waals surface area contributed by atoms with E-state index in [4.69, 9.17) is 9.47 Å². The molecule has 0 bridgehead atoms. The van der Waals surface area contributed by atoms with Crippen LogP contribution in [0.1, 0.15) is 26.3 Å². The van der Waals surface area contributed by atoms with Gasteiger partial charge in [0.1, 0.15) is 0 Å². The highest BCUT2D eigenvalue weighted by Gasteiger charge is 2.19. The predicted octanol–water partition coefficient (Wildman–Crippen LogP) is 2.84. The minimum absolute atomic E-state index is 0.146. The first-order chi connectivity index (χ1) is 7.97. The maximum Gasteiger partial charge on any atom is 0.231 e. The Balaban J connectivity index is 2.12. The normalized spacial score (nSPS) is 16.5. The van der Waals surface area contributed by atoms with Gasteiger partial charge in [-0.2, -0.15) is 0 Å². The number of hydrogen-bond acceptors (Lipinski definition) is 3. The second-order valence-electron chi connectivity index (χ2n) is 5.28. The van der Waals surface area contributed by atoms with Crippen molar-refractivity contribution in [2.75, 3.05) is 6.79 Å². The van der Waals surface area contributed by atoms with Crippen LogP contribution < -0.4 is 9.47 Å². The summed E-state index contributed by atoms with van der Waals surface area (Å²) < 4.78 is 10.5. The maximum atomic E-state index is 9.90. The van der Waals surface area contributed by atoms with Gasteiger partial charge in [0.2, 0.25) is 6.79 Å². The largest absolute Gasteiger partial charge is 0.454 e. The van der Waals surface area contributed by atoms with Gasteiger partial charge in [-0.1, -0.05) is 39.0 Å². The lowest BCUT2D eigenvalue weighted by Crippen LogP contribution is -2.23. The van der Waals surface area contributed by atoms with Crippen molar-refractivity contribution in [2.24, 2.45) is 5.41 Å². The van der Waals surface area contributed by atoms with E-state index >= 15 is 0 Å². The fourth-order valence-corrected chi connectivity index (χ4v) is 1.51. The van der Waals surface area contributed by atoms with Gasteiger partial charge >= 0.3 is 0 Å². The number of aliphatic hydroxyl groups is 1. The minimum atomic E-state index is -0.465. The molecule has 1 atom stereocenters. The van der Waals surface area contributed by atoms with Gasteiger partial charge in [-0.05, 0) is 23.1 Å². The zero-order valence-electron chi connectivity index (χ0n) is 10.4. The van der Waals surface area contributed by atoms with Crippen molar-refractivity contribution in [3.63, 3.8) is 0 Å².